The number of nitrogens with zero attached hydrogens (tertiary/aromatic N) is 1. The molecule has 0 aliphatic heterocycles. The van der Waals surface area contributed by atoms with E-state index in [2.05, 4.69) is 0 Å². The smallest absolute Gasteiger partial charge is 0.323 e. The minimum atomic E-state index is -0.836. The lowest BCUT2D eigenvalue weighted by atomic mass is 10.1. The molecule has 0 spiro atoms. The molecule has 0 saturated heterocycles. The van der Waals surface area contributed by atoms with Crippen LogP contribution in [0.3, 0.4) is 0 Å². The van der Waals surface area contributed by atoms with Gasteiger partial charge in [-0.2, -0.15) is 0 Å². The van der Waals surface area contributed by atoms with Gasteiger partial charge in [0.2, 0.25) is 0 Å². The van der Waals surface area contributed by atoms with Crippen LogP contribution in [0.4, 0.5) is 5.69 Å². The average molecular weight is 273 g/mol. The molecule has 0 saturated carbocycles. The Bertz CT molecular complexity index is 546. The van der Waals surface area contributed by atoms with Crippen LogP contribution in [-0.4, -0.2) is 23.7 Å². The number of carbonyl (C=O) groups is 1. The van der Waals surface area contributed by atoms with Gasteiger partial charge < -0.3 is 14.4 Å². The molecule has 0 radical (unpaired) electrons. The fraction of sp³-hybridized carbons (Fsp3) is 0.312. The third kappa shape index (κ3) is 3.63. The van der Waals surface area contributed by atoms with Crippen LogP contribution in [0.1, 0.15) is 18.2 Å². The number of anilines is 1. The predicted molar refractivity (Wildman–Crippen MR) is 78.0 cm³/mol. The predicted octanol–water partition coefficient (Wildman–Crippen LogP) is 3.11. The number of benzene rings is 1. The number of rotatable bonds is 6. The second-order valence-corrected chi connectivity index (χ2v) is 4.99. The maximum absolute atomic E-state index is 11.1. The molecule has 1 atom stereocenters. The molecular formula is C16H19NO3. The first kappa shape index (κ1) is 14.2. The van der Waals surface area contributed by atoms with E-state index in [0.29, 0.717) is 6.42 Å². The number of furan rings is 1. The van der Waals surface area contributed by atoms with E-state index in [9.17, 15) is 4.79 Å². The van der Waals surface area contributed by atoms with Crippen LogP contribution in [-0.2, 0) is 11.2 Å². The van der Waals surface area contributed by atoms with Gasteiger partial charge in [0.25, 0.3) is 0 Å². The molecule has 1 unspecified atom stereocenters. The largest absolute Gasteiger partial charge is 0.480 e. The third-order valence-electron chi connectivity index (χ3n) is 3.28. The molecule has 0 fully saturated rings. The van der Waals surface area contributed by atoms with Crippen molar-refractivity contribution in [2.45, 2.75) is 26.3 Å². The van der Waals surface area contributed by atoms with E-state index in [-0.39, 0.29) is 12.6 Å². The number of carboxylic acids is 1. The van der Waals surface area contributed by atoms with E-state index < -0.39 is 5.97 Å². The topological polar surface area (TPSA) is 53.7 Å². The van der Waals surface area contributed by atoms with Gasteiger partial charge in [-0.3, -0.25) is 4.79 Å². The van der Waals surface area contributed by atoms with Crippen LogP contribution >= 0.6 is 0 Å². The number of hydrogen-bond acceptors (Lipinski definition) is 3. The zero-order valence-electron chi connectivity index (χ0n) is 11.7. The van der Waals surface area contributed by atoms with Gasteiger partial charge in [-0.05, 0) is 38.1 Å². The molecular weight excluding hydrogens is 254 g/mol. The molecule has 1 aromatic carbocycles. The molecule has 4 heteroatoms. The van der Waals surface area contributed by atoms with E-state index in [0.717, 1.165) is 17.0 Å². The van der Waals surface area contributed by atoms with Gasteiger partial charge >= 0.3 is 5.97 Å². The summed E-state index contributed by atoms with van der Waals surface area (Å²) in [6.45, 7) is 3.99. The Labute approximate surface area is 118 Å². The quantitative estimate of drug-likeness (QED) is 0.878. The van der Waals surface area contributed by atoms with Gasteiger partial charge in [0.05, 0.1) is 6.26 Å². The first-order valence-electron chi connectivity index (χ1n) is 6.64. The highest BCUT2D eigenvalue weighted by molar-refractivity contribution is 5.74. The Kier molecular flexibility index (Phi) is 4.45. The maximum Gasteiger partial charge on any atom is 0.323 e. The molecule has 2 rings (SSSR count). The van der Waals surface area contributed by atoms with Gasteiger partial charge in [-0.1, -0.05) is 17.7 Å². The minimum absolute atomic E-state index is 0.0229. The van der Waals surface area contributed by atoms with Crippen molar-refractivity contribution in [3.63, 3.8) is 0 Å². The average Bonchev–Trinajstić information content (AvgIpc) is 2.89. The molecule has 0 bridgehead atoms. The summed E-state index contributed by atoms with van der Waals surface area (Å²) in [6, 6.07) is 11.7. The first-order valence-corrected chi connectivity index (χ1v) is 6.64. The van der Waals surface area contributed by atoms with Gasteiger partial charge in [-0.25, -0.2) is 0 Å². The Hall–Kier alpha value is -2.23. The molecule has 20 heavy (non-hydrogen) atoms. The number of aryl methyl sites for hydroxylation is 1. The van der Waals surface area contributed by atoms with E-state index in [4.69, 9.17) is 9.52 Å². The van der Waals surface area contributed by atoms with Gasteiger partial charge in [0.15, 0.2) is 0 Å². The zero-order chi connectivity index (χ0) is 14.5. The highest BCUT2D eigenvalue weighted by Gasteiger charge is 2.18. The van der Waals surface area contributed by atoms with Crippen LogP contribution in [0.15, 0.2) is 47.1 Å². The van der Waals surface area contributed by atoms with Crippen molar-refractivity contribution in [3.8, 4) is 0 Å². The fourth-order valence-corrected chi connectivity index (χ4v) is 2.21. The summed E-state index contributed by atoms with van der Waals surface area (Å²) in [6.07, 6.45) is 2.31. The summed E-state index contributed by atoms with van der Waals surface area (Å²) >= 11 is 0. The summed E-state index contributed by atoms with van der Waals surface area (Å²) in [4.78, 5) is 13.0. The number of aliphatic carboxylic acids is 1. The molecule has 1 aromatic heterocycles. The van der Waals surface area contributed by atoms with E-state index in [1.807, 2.05) is 55.1 Å². The maximum atomic E-state index is 11.1. The van der Waals surface area contributed by atoms with Crippen molar-refractivity contribution < 1.29 is 14.3 Å². The van der Waals surface area contributed by atoms with Gasteiger partial charge in [0, 0.05) is 18.2 Å². The molecule has 0 amide bonds. The van der Waals surface area contributed by atoms with Gasteiger partial charge in [0.1, 0.15) is 12.3 Å². The van der Waals surface area contributed by atoms with Crippen LogP contribution in [0.5, 0.6) is 0 Å². The summed E-state index contributed by atoms with van der Waals surface area (Å²) in [7, 11) is 0. The Morgan fingerprint density at radius 1 is 1.30 bits per heavy atom. The normalized spacial score (nSPS) is 12.1. The molecule has 1 heterocycles. The monoisotopic (exact) mass is 273 g/mol. The molecule has 106 valence electrons. The fourth-order valence-electron chi connectivity index (χ4n) is 2.21. The molecule has 2 aromatic rings. The van der Waals surface area contributed by atoms with Crippen molar-refractivity contribution in [1.82, 2.24) is 0 Å². The Morgan fingerprint density at radius 2 is 2.00 bits per heavy atom. The van der Waals surface area contributed by atoms with E-state index in [1.165, 1.54) is 0 Å². The second kappa shape index (κ2) is 6.28. The second-order valence-electron chi connectivity index (χ2n) is 4.99. The van der Waals surface area contributed by atoms with Crippen molar-refractivity contribution in [3.05, 3.63) is 54.0 Å². The molecule has 0 aliphatic rings. The van der Waals surface area contributed by atoms with Crippen molar-refractivity contribution >= 4 is 11.7 Å². The first-order chi connectivity index (χ1) is 9.56. The molecule has 0 aliphatic carbocycles. The van der Waals surface area contributed by atoms with Crippen LogP contribution < -0.4 is 4.90 Å². The van der Waals surface area contributed by atoms with Crippen LogP contribution in [0.2, 0.25) is 0 Å². The lowest BCUT2D eigenvalue weighted by Gasteiger charge is -2.29. The number of hydrogen-bond donors (Lipinski definition) is 1. The molecule has 1 N–H and O–H groups in total. The summed E-state index contributed by atoms with van der Waals surface area (Å²) in [5, 5.41) is 9.11. The van der Waals surface area contributed by atoms with Crippen molar-refractivity contribution in [2.75, 3.05) is 11.4 Å². The highest BCUT2D eigenvalue weighted by atomic mass is 16.4. The van der Waals surface area contributed by atoms with Crippen LogP contribution in [0, 0.1) is 6.92 Å². The lowest BCUT2D eigenvalue weighted by Crippen LogP contribution is -2.38. The third-order valence-corrected chi connectivity index (χ3v) is 3.28. The van der Waals surface area contributed by atoms with Crippen molar-refractivity contribution in [1.29, 1.82) is 0 Å². The summed E-state index contributed by atoms with van der Waals surface area (Å²) in [5.74, 6) is 0.0249. The zero-order valence-corrected chi connectivity index (χ0v) is 11.7. The lowest BCUT2D eigenvalue weighted by molar-refractivity contribution is -0.135. The highest BCUT2D eigenvalue weighted by Crippen LogP contribution is 2.20. The SMILES string of the molecule is Cc1ccc(N(CC(=O)O)C(C)Cc2ccco2)cc1. The summed E-state index contributed by atoms with van der Waals surface area (Å²) in [5.41, 5.74) is 2.07. The van der Waals surface area contributed by atoms with Crippen LogP contribution in [0.25, 0.3) is 0 Å². The van der Waals surface area contributed by atoms with E-state index >= 15 is 0 Å². The standard InChI is InChI=1S/C16H19NO3/c1-12-5-7-14(8-6-12)17(11-16(18)19)13(2)10-15-4-3-9-20-15/h3-9,13H,10-11H2,1-2H3,(H,18,19). The Morgan fingerprint density at radius 3 is 2.55 bits per heavy atom. The van der Waals surface area contributed by atoms with E-state index in [1.54, 1.807) is 6.26 Å². The number of carboxylic acid groups (broad SMARTS) is 1. The molecule has 4 nitrogen and oxygen atoms in total. The van der Waals surface area contributed by atoms with Gasteiger partial charge in [-0.15, -0.1) is 0 Å². The van der Waals surface area contributed by atoms with Crippen molar-refractivity contribution in [2.24, 2.45) is 0 Å². The summed E-state index contributed by atoms with van der Waals surface area (Å²) < 4.78 is 5.34. The minimum Gasteiger partial charge on any atom is -0.480 e. The Balaban J connectivity index is 2.17.